The average molecular weight is 220 g/mol. The third-order valence-electron chi connectivity index (χ3n) is 1.15. The zero-order chi connectivity index (χ0) is 9.84. The van der Waals surface area contributed by atoms with E-state index in [0.29, 0.717) is 0 Å². The number of halogens is 2. The highest BCUT2D eigenvalue weighted by atomic mass is 35.5. The Kier molecular flexibility index (Phi) is 3.16. The summed E-state index contributed by atoms with van der Waals surface area (Å²) in [5, 5.41) is 10.2. The topological polar surface area (TPSA) is 68.9 Å². The van der Waals surface area contributed by atoms with Gasteiger partial charge in [0.2, 0.25) is 6.20 Å². The highest BCUT2D eigenvalue weighted by Gasteiger charge is 2.05. The molecule has 5 nitrogen and oxygen atoms in total. The van der Waals surface area contributed by atoms with E-state index in [1.54, 1.807) is 0 Å². The Morgan fingerprint density at radius 1 is 1.38 bits per heavy atom. The molecule has 0 spiro atoms. The Hall–Kier alpha value is -1.20. The Balaban J connectivity index is 3.06. The van der Waals surface area contributed by atoms with Crippen LogP contribution in [0.3, 0.4) is 0 Å². The van der Waals surface area contributed by atoms with Gasteiger partial charge in [0.25, 0.3) is 0 Å². The SMILES string of the molecule is O=[N+]([O-])C=Cc1c(Cl)ncnc1Cl. The molecule has 0 N–H and O–H groups in total. The first-order chi connectivity index (χ1) is 6.11. The molecule has 0 aromatic carbocycles. The molecule has 7 heteroatoms. The lowest BCUT2D eigenvalue weighted by Gasteiger charge is -1.96. The molecule has 0 radical (unpaired) electrons. The highest BCUT2D eigenvalue weighted by molar-refractivity contribution is 6.35. The molecule has 0 saturated heterocycles. The lowest BCUT2D eigenvalue weighted by atomic mass is 10.3. The minimum Gasteiger partial charge on any atom is -0.259 e. The summed E-state index contributed by atoms with van der Waals surface area (Å²) in [6.45, 7) is 0. The van der Waals surface area contributed by atoms with Gasteiger partial charge in [-0.25, -0.2) is 9.97 Å². The molecule has 0 aliphatic rings. The average Bonchev–Trinajstić information content (AvgIpc) is 2.03. The van der Waals surface area contributed by atoms with E-state index in [1.165, 1.54) is 6.33 Å². The lowest BCUT2D eigenvalue weighted by molar-refractivity contribution is -0.400. The van der Waals surface area contributed by atoms with Crippen LogP contribution in [0, 0.1) is 10.1 Å². The predicted molar refractivity (Wildman–Crippen MR) is 48.1 cm³/mol. The summed E-state index contributed by atoms with van der Waals surface area (Å²) in [6, 6.07) is 0. The van der Waals surface area contributed by atoms with Gasteiger partial charge in [0.1, 0.15) is 16.6 Å². The van der Waals surface area contributed by atoms with Crippen molar-refractivity contribution < 1.29 is 4.92 Å². The molecule has 13 heavy (non-hydrogen) atoms. The molecule has 1 rings (SSSR count). The molecule has 1 aromatic heterocycles. The van der Waals surface area contributed by atoms with Gasteiger partial charge in [-0.15, -0.1) is 0 Å². The van der Waals surface area contributed by atoms with Gasteiger partial charge < -0.3 is 0 Å². The molecule has 68 valence electrons. The molecule has 0 aliphatic heterocycles. The Morgan fingerprint density at radius 3 is 2.38 bits per heavy atom. The molecule has 0 aliphatic carbocycles. The largest absolute Gasteiger partial charge is 0.259 e. The summed E-state index contributed by atoms with van der Waals surface area (Å²) in [6.07, 6.45) is 3.04. The predicted octanol–water partition coefficient (Wildman–Crippen LogP) is 2.03. The molecule has 0 amide bonds. The zero-order valence-corrected chi connectivity index (χ0v) is 7.66. The van der Waals surface area contributed by atoms with Crippen molar-refractivity contribution >= 4 is 29.3 Å². The summed E-state index contributed by atoms with van der Waals surface area (Å²) in [7, 11) is 0. The van der Waals surface area contributed by atoms with E-state index in [1.807, 2.05) is 0 Å². The maximum absolute atomic E-state index is 9.99. The first-order valence-electron chi connectivity index (χ1n) is 3.09. The van der Waals surface area contributed by atoms with E-state index in [4.69, 9.17) is 23.2 Å². The molecule has 0 unspecified atom stereocenters. The van der Waals surface area contributed by atoms with Crippen molar-refractivity contribution in [2.45, 2.75) is 0 Å². The number of nitro groups is 1. The van der Waals surface area contributed by atoms with Gasteiger partial charge in [-0.2, -0.15) is 0 Å². The van der Waals surface area contributed by atoms with Crippen LogP contribution in [0.15, 0.2) is 12.5 Å². The normalized spacial score (nSPS) is 10.6. The monoisotopic (exact) mass is 219 g/mol. The van der Waals surface area contributed by atoms with Gasteiger partial charge in [-0.05, 0) is 0 Å². The van der Waals surface area contributed by atoms with E-state index in [9.17, 15) is 10.1 Å². The second kappa shape index (κ2) is 4.15. The molecular weight excluding hydrogens is 217 g/mol. The van der Waals surface area contributed by atoms with Crippen LogP contribution in [0.2, 0.25) is 10.3 Å². The maximum atomic E-state index is 9.99. The van der Waals surface area contributed by atoms with E-state index >= 15 is 0 Å². The molecular formula is C6H3Cl2N3O2. The summed E-state index contributed by atoms with van der Waals surface area (Å²) in [5.41, 5.74) is 0.238. The van der Waals surface area contributed by atoms with Crippen LogP contribution in [0.1, 0.15) is 5.56 Å². The van der Waals surface area contributed by atoms with Gasteiger partial charge in [-0.3, -0.25) is 10.1 Å². The van der Waals surface area contributed by atoms with Crippen molar-refractivity contribution in [3.05, 3.63) is 38.5 Å². The summed E-state index contributed by atoms with van der Waals surface area (Å²) in [5.74, 6) is 0. The minimum absolute atomic E-state index is 0.0816. The van der Waals surface area contributed by atoms with E-state index in [-0.39, 0.29) is 15.9 Å². The molecule has 0 fully saturated rings. The van der Waals surface area contributed by atoms with Crippen molar-refractivity contribution in [3.63, 3.8) is 0 Å². The van der Waals surface area contributed by atoms with Gasteiger partial charge in [-0.1, -0.05) is 23.2 Å². The maximum Gasteiger partial charge on any atom is 0.235 e. The van der Waals surface area contributed by atoms with Crippen LogP contribution in [0.25, 0.3) is 6.08 Å². The Labute approximate surface area is 83.2 Å². The lowest BCUT2D eigenvalue weighted by Crippen LogP contribution is -1.88. The smallest absolute Gasteiger partial charge is 0.235 e. The second-order valence-electron chi connectivity index (χ2n) is 1.97. The van der Waals surface area contributed by atoms with Crippen LogP contribution in [0.5, 0.6) is 0 Å². The Bertz CT molecular complexity index is 347. The van der Waals surface area contributed by atoms with Crippen molar-refractivity contribution in [1.29, 1.82) is 0 Å². The fraction of sp³-hybridized carbons (Fsp3) is 0. The van der Waals surface area contributed by atoms with Crippen LogP contribution in [-0.4, -0.2) is 14.9 Å². The number of nitrogens with zero attached hydrogens (tertiary/aromatic N) is 3. The van der Waals surface area contributed by atoms with Crippen LogP contribution in [-0.2, 0) is 0 Å². The fourth-order valence-corrected chi connectivity index (χ4v) is 1.07. The first kappa shape index (κ1) is 9.88. The van der Waals surface area contributed by atoms with Crippen LogP contribution in [0.4, 0.5) is 0 Å². The number of rotatable bonds is 2. The molecule has 1 heterocycles. The van der Waals surface area contributed by atoms with Crippen LogP contribution < -0.4 is 0 Å². The summed E-state index contributed by atoms with van der Waals surface area (Å²) >= 11 is 11.2. The fourth-order valence-electron chi connectivity index (χ4n) is 0.627. The third kappa shape index (κ3) is 2.64. The number of hydrogen-bond acceptors (Lipinski definition) is 4. The first-order valence-corrected chi connectivity index (χ1v) is 3.84. The molecule has 0 atom stereocenters. The summed E-state index contributed by atoms with van der Waals surface area (Å²) in [4.78, 5) is 16.6. The van der Waals surface area contributed by atoms with E-state index < -0.39 is 4.92 Å². The van der Waals surface area contributed by atoms with Gasteiger partial charge >= 0.3 is 0 Å². The van der Waals surface area contributed by atoms with Gasteiger partial charge in [0.15, 0.2) is 0 Å². The highest BCUT2D eigenvalue weighted by Crippen LogP contribution is 2.20. The molecule has 0 bridgehead atoms. The number of hydrogen-bond donors (Lipinski definition) is 0. The summed E-state index contributed by atoms with van der Waals surface area (Å²) < 4.78 is 0. The molecule has 0 saturated carbocycles. The van der Waals surface area contributed by atoms with Crippen molar-refractivity contribution in [3.8, 4) is 0 Å². The van der Waals surface area contributed by atoms with Gasteiger partial charge in [0.05, 0.1) is 10.5 Å². The second-order valence-corrected chi connectivity index (χ2v) is 2.69. The third-order valence-corrected chi connectivity index (χ3v) is 1.75. The van der Waals surface area contributed by atoms with E-state index in [2.05, 4.69) is 9.97 Å². The van der Waals surface area contributed by atoms with Crippen LogP contribution >= 0.6 is 23.2 Å². The van der Waals surface area contributed by atoms with Gasteiger partial charge in [0, 0.05) is 6.08 Å². The van der Waals surface area contributed by atoms with Crippen molar-refractivity contribution in [2.24, 2.45) is 0 Å². The minimum atomic E-state index is -0.625. The zero-order valence-electron chi connectivity index (χ0n) is 6.15. The standard InChI is InChI=1S/C6H3Cl2N3O2/c7-5-4(1-2-11(12)13)6(8)10-3-9-5/h1-3H. The van der Waals surface area contributed by atoms with Crippen molar-refractivity contribution in [2.75, 3.05) is 0 Å². The molecule has 1 aromatic rings. The quantitative estimate of drug-likeness (QED) is 0.434. The Morgan fingerprint density at radius 2 is 1.92 bits per heavy atom. The van der Waals surface area contributed by atoms with E-state index in [0.717, 1.165) is 12.3 Å². The number of aromatic nitrogens is 2. The van der Waals surface area contributed by atoms with Crippen molar-refractivity contribution in [1.82, 2.24) is 9.97 Å².